The first-order valence-electron chi connectivity index (χ1n) is 5.33. The smallest absolute Gasteiger partial charge is 0.0613 e. The third-order valence-corrected chi connectivity index (χ3v) is 3.18. The monoisotopic (exact) mass is 194 g/mol. The summed E-state index contributed by atoms with van der Waals surface area (Å²) in [4.78, 5) is 3.16. The molecule has 1 aromatic rings. The fourth-order valence-electron chi connectivity index (χ4n) is 2.20. The van der Waals surface area contributed by atoms with E-state index in [1.54, 1.807) is 0 Å². The lowest BCUT2D eigenvalue weighted by molar-refractivity contribution is 0.162. The van der Waals surface area contributed by atoms with Crippen LogP contribution in [-0.4, -0.2) is 22.2 Å². The van der Waals surface area contributed by atoms with Crippen LogP contribution in [0.3, 0.4) is 0 Å². The van der Waals surface area contributed by atoms with Crippen molar-refractivity contribution in [2.45, 2.75) is 37.8 Å². The normalized spacial score (nSPS) is 20.1. The van der Waals surface area contributed by atoms with E-state index in [1.807, 2.05) is 12.3 Å². The van der Waals surface area contributed by atoms with Crippen LogP contribution in [0.2, 0.25) is 0 Å². The van der Waals surface area contributed by atoms with Crippen LogP contribution in [0.4, 0.5) is 0 Å². The summed E-state index contributed by atoms with van der Waals surface area (Å²) in [5.41, 5.74) is 1.18. The van der Waals surface area contributed by atoms with Crippen LogP contribution >= 0.6 is 0 Å². The number of aliphatic hydroxyl groups excluding tert-OH is 1. The molecule has 1 aromatic heterocycles. The van der Waals surface area contributed by atoms with E-state index in [9.17, 15) is 5.11 Å². The Morgan fingerprint density at radius 2 is 2.21 bits per heavy atom. The molecule has 1 saturated carbocycles. The Morgan fingerprint density at radius 1 is 1.43 bits per heavy atom. The number of nitrogens with one attached hydrogen (secondary N) is 2. The van der Waals surface area contributed by atoms with Gasteiger partial charge >= 0.3 is 0 Å². The van der Waals surface area contributed by atoms with Crippen LogP contribution in [-0.2, 0) is 6.54 Å². The third kappa shape index (κ3) is 1.99. The summed E-state index contributed by atoms with van der Waals surface area (Å²) in [6.45, 7) is 1.08. The molecule has 0 atom stereocenters. The molecule has 3 N–H and O–H groups in total. The van der Waals surface area contributed by atoms with E-state index in [4.69, 9.17) is 0 Å². The molecule has 78 valence electrons. The number of hydrogen-bond acceptors (Lipinski definition) is 2. The van der Waals surface area contributed by atoms with Crippen LogP contribution in [0.15, 0.2) is 18.3 Å². The molecule has 0 saturated heterocycles. The first-order valence-corrected chi connectivity index (χ1v) is 5.33. The molecule has 1 heterocycles. The maximum Gasteiger partial charge on any atom is 0.0613 e. The van der Waals surface area contributed by atoms with Gasteiger partial charge in [0.1, 0.15) is 0 Å². The standard InChI is InChI=1S/C11H18N2O/c14-9-11(5-1-2-6-11)13-8-10-4-3-7-12-10/h3-4,7,12-14H,1-2,5-6,8-9H2. The van der Waals surface area contributed by atoms with E-state index in [-0.39, 0.29) is 12.1 Å². The largest absolute Gasteiger partial charge is 0.394 e. The number of aromatic amines is 1. The lowest BCUT2D eigenvalue weighted by atomic mass is 9.99. The fourth-order valence-corrected chi connectivity index (χ4v) is 2.20. The van der Waals surface area contributed by atoms with Crippen molar-refractivity contribution in [1.82, 2.24) is 10.3 Å². The number of hydrogen-bond donors (Lipinski definition) is 3. The lowest BCUT2D eigenvalue weighted by Gasteiger charge is -2.27. The molecule has 1 aliphatic rings. The molecular formula is C11H18N2O. The van der Waals surface area contributed by atoms with Crippen molar-refractivity contribution >= 4 is 0 Å². The molecule has 0 amide bonds. The van der Waals surface area contributed by atoms with E-state index in [1.165, 1.54) is 18.5 Å². The molecule has 0 unspecified atom stereocenters. The Balaban J connectivity index is 1.89. The zero-order valence-electron chi connectivity index (χ0n) is 8.42. The fraction of sp³-hybridized carbons (Fsp3) is 0.636. The van der Waals surface area contributed by atoms with Crippen LogP contribution < -0.4 is 5.32 Å². The van der Waals surface area contributed by atoms with Crippen LogP contribution in [0, 0.1) is 0 Å². The second-order valence-corrected chi connectivity index (χ2v) is 4.19. The summed E-state index contributed by atoms with van der Waals surface area (Å²) >= 11 is 0. The summed E-state index contributed by atoms with van der Waals surface area (Å²) in [5.74, 6) is 0. The molecular weight excluding hydrogens is 176 g/mol. The van der Waals surface area contributed by atoms with E-state index >= 15 is 0 Å². The van der Waals surface area contributed by atoms with Crippen molar-refractivity contribution in [1.29, 1.82) is 0 Å². The van der Waals surface area contributed by atoms with Gasteiger partial charge in [-0.25, -0.2) is 0 Å². The summed E-state index contributed by atoms with van der Waals surface area (Å²) in [5, 5.41) is 12.8. The highest BCUT2D eigenvalue weighted by molar-refractivity contribution is 5.04. The molecule has 14 heavy (non-hydrogen) atoms. The molecule has 0 aliphatic heterocycles. The van der Waals surface area contributed by atoms with Crippen molar-refractivity contribution in [2.75, 3.05) is 6.61 Å². The van der Waals surface area contributed by atoms with E-state index < -0.39 is 0 Å². The Kier molecular flexibility index (Phi) is 2.89. The van der Waals surface area contributed by atoms with Gasteiger partial charge in [0.05, 0.1) is 6.61 Å². The van der Waals surface area contributed by atoms with Gasteiger partial charge in [-0.1, -0.05) is 12.8 Å². The van der Waals surface area contributed by atoms with Crippen molar-refractivity contribution in [2.24, 2.45) is 0 Å². The lowest BCUT2D eigenvalue weighted by Crippen LogP contribution is -2.45. The number of H-pyrrole nitrogens is 1. The van der Waals surface area contributed by atoms with Crippen LogP contribution in [0.1, 0.15) is 31.4 Å². The maximum atomic E-state index is 9.37. The quantitative estimate of drug-likeness (QED) is 0.678. The Hall–Kier alpha value is -0.800. The van der Waals surface area contributed by atoms with Gasteiger partial charge < -0.3 is 15.4 Å². The van der Waals surface area contributed by atoms with Crippen molar-refractivity contribution in [3.05, 3.63) is 24.0 Å². The average Bonchev–Trinajstić information content (AvgIpc) is 2.87. The zero-order chi connectivity index (χ0) is 9.86. The van der Waals surface area contributed by atoms with Gasteiger partial charge in [-0.3, -0.25) is 0 Å². The first kappa shape index (κ1) is 9.74. The predicted octanol–water partition coefficient (Wildman–Crippen LogP) is 1.41. The van der Waals surface area contributed by atoms with Crippen LogP contribution in [0.5, 0.6) is 0 Å². The van der Waals surface area contributed by atoms with Crippen molar-refractivity contribution < 1.29 is 5.11 Å². The minimum atomic E-state index is -0.00882. The molecule has 1 fully saturated rings. The van der Waals surface area contributed by atoms with Crippen molar-refractivity contribution in [3.63, 3.8) is 0 Å². The van der Waals surface area contributed by atoms with E-state index in [0.717, 1.165) is 19.4 Å². The minimum absolute atomic E-state index is 0.00882. The van der Waals surface area contributed by atoms with Gasteiger partial charge in [0.15, 0.2) is 0 Å². The summed E-state index contributed by atoms with van der Waals surface area (Å²) in [6.07, 6.45) is 6.60. The Bertz CT molecular complexity index is 263. The van der Waals surface area contributed by atoms with Gasteiger partial charge in [0.2, 0.25) is 0 Å². The Labute approximate surface area is 84.5 Å². The molecule has 2 rings (SSSR count). The molecule has 0 spiro atoms. The molecule has 3 heteroatoms. The Morgan fingerprint density at radius 3 is 2.79 bits per heavy atom. The highest BCUT2D eigenvalue weighted by Crippen LogP contribution is 2.29. The van der Waals surface area contributed by atoms with Gasteiger partial charge in [0.25, 0.3) is 0 Å². The second kappa shape index (κ2) is 4.15. The van der Waals surface area contributed by atoms with Crippen LogP contribution in [0.25, 0.3) is 0 Å². The summed E-state index contributed by atoms with van der Waals surface area (Å²) < 4.78 is 0. The third-order valence-electron chi connectivity index (χ3n) is 3.18. The SMILES string of the molecule is OCC1(NCc2ccc[nH]2)CCCC1. The zero-order valence-corrected chi connectivity index (χ0v) is 8.42. The van der Waals surface area contributed by atoms with E-state index in [0.29, 0.717) is 0 Å². The number of rotatable bonds is 4. The molecule has 0 radical (unpaired) electrons. The predicted molar refractivity (Wildman–Crippen MR) is 55.9 cm³/mol. The highest BCUT2D eigenvalue weighted by Gasteiger charge is 2.32. The topological polar surface area (TPSA) is 48.0 Å². The number of aliphatic hydroxyl groups is 1. The molecule has 1 aliphatic carbocycles. The summed E-state index contributed by atoms with van der Waals surface area (Å²) in [6, 6.07) is 4.06. The van der Waals surface area contributed by atoms with Gasteiger partial charge in [-0.2, -0.15) is 0 Å². The minimum Gasteiger partial charge on any atom is -0.394 e. The average molecular weight is 194 g/mol. The van der Waals surface area contributed by atoms with E-state index in [2.05, 4.69) is 16.4 Å². The number of aromatic nitrogens is 1. The van der Waals surface area contributed by atoms with Crippen molar-refractivity contribution in [3.8, 4) is 0 Å². The molecule has 3 nitrogen and oxygen atoms in total. The van der Waals surface area contributed by atoms with Gasteiger partial charge in [0, 0.05) is 24.0 Å². The second-order valence-electron chi connectivity index (χ2n) is 4.19. The van der Waals surface area contributed by atoms with Gasteiger partial charge in [-0.15, -0.1) is 0 Å². The molecule has 0 bridgehead atoms. The van der Waals surface area contributed by atoms with Gasteiger partial charge in [-0.05, 0) is 25.0 Å². The maximum absolute atomic E-state index is 9.37. The summed E-state index contributed by atoms with van der Waals surface area (Å²) in [7, 11) is 0. The highest BCUT2D eigenvalue weighted by atomic mass is 16.3. The molecule has 0 aromatic carbocycles. The first-order chi connectivity index (χ1) is 6.85.